The average molecular weight is 464 g/mol. The van der Waals surface area contributed by atoms with Crippen LogP contribution in [-0.2, 0) is 20.9 Å². The number of benzene rings is 2. The van der Waals surface area contributed by atoms with Crippen molar-refractivity contribution in [1.29, 1.82) is 0 Å². The Bertz CT molecular complexity index is 1130. The summed E-state index contributed by atoms with van der Waals surface area (Å²) in [5.41, 5.74) is 3.38. The first-order valence-corrected chi connectivity index (χ1v) is 11.4. The van der Waals surface area contributed by atoms with Crippen LogP contribution >= 0.6 is 0 Å². The number of aromatic hydroxyl groups is 1. The fraction of sp³-hybridized carbons (Fsp3) is 0.333. The smallest absolute Gasteiger partial charge is 0.316 e. The molecule has 7 heteroatoms. The Morgan fingerprint density at radius 3 is 2.65 bits per heavy atom. The van der Waals surface area contributed by atoms with Gasteiger partial charge in [0, 0.05) is 29.3 Å². The summed E-state index contributed by atoms with van der Waals surface area (Å²) in [4.78, 5) is 26.4. The number of carbonyl (C=O) groups excluding carboxylic acids is 2. The van der Waals surface area contributed by atoms with Gasteiger partial charge in [-0.25, -0.2) is 0 Å². The lowest BCUT2D eigenvalue weighted by Crippen LogP contribution is -2.41. The van der Waals surface area contributed by atoms with Crippen LogP contribution in [0.25, 0.3) is 0 Å². The van der Waals surface area contributed by atoms with Crippen LogP contribution < -0.4 is 14.8 Å². The van der Waals surface area contributed by atoms with Gasteiger partial charge in [-0.1, -0.05) is 24.8 Å². The van der Waals surface area contributed by atoms with E-state index in [0.29, 0.717) is 47.8 Å². The van der Waals surface area contributed by atoms with E-state index in [0.717, 1.165) is 17.7 Å². The molecule has 0 spiro atoms. The Hall–Kier alpha value is -3.74. The largest absolute Gasteiger partial charge is 0.504 e. The SMILES string of the molecule is C=C1NC2=C(C(=O)CCC2)C(c2ccc(O)c(OCC)c2)C1C(=O)OCc1ccc(OC)cc1. The zero-order valence-electron chi connectivity index (χ0n) is 19.4. The van der Waals surface area contributed by atoms with Crippen LogP contribution in [0.4, 0.5) is 0 Å². The van der Waals surface area contributed by atoms with Gasteiger partial charge >= 0.3 is 5.97 Å². The van der Waals surface area contributed by atoms with E-state index in [4.69, 9.17) is 14.2 Å². The summed E-state index contributed by atoms with van der Waals surface area (Å²) in [6.45, 7) is 6.38. The zero-order chi connectivity index (χ0) is 24.2. The number of phenolic OH excluding ortho intramolecular Hbond substituents is 1. The summed E-state index contributed by atoms with van der Waals surface area (Å²) in [5.74, 6) is -0.842. The molecule has 0 saturated heterocycles. The van der Waals surface area contributed by atoms with E-state index in [1.165, 1.54) is 6.07 Å². The summed E-state index contributed by atoms with van der Waals surface area (Å²) in [5, 5.41) is 13.4. The second-order valence-electron chi connectivity index (χ2n) is 8.39. The van der Waals surface area contributed by atoms with E-state index in [-0.39, 0.29) is 18.1 Å². The monoisotopic (exact) mass is 463 g/mol. The number of esters is 1. The number of phenols is 1. The van der Waals surface area contributed by atoms with Crippen molar-refractivity contribution in [2.24, 2.45) is 5.92 Å². The summed E-state index contributed by atoms with van der Waals surface area (Å²) < 4.78 is 16.4. The molecule has 0 fully saturated rings. The normalized spacial score (nSPS) is 19.8. The molecular formula is C27H29NO6. The minimum atomic E-state index is -0.807. The van der Waals surface area contributed by atoms with Crippen molar-refractivity contribution in [3.05, 3.63) is 77.1 Å². The maximum Gasteiger partial charge on any atom is 0.316 e. The number of hydrogen-bond donors (Lipinski definition) is 2. The van der Waals surface area contributed by atoms with E-state index < -0.39 is 17.8 Å². The Kier molecular flexibility index (Phi) is 6.91. The van der Waals surface area contributed by atoms with E-state index in [1.54, 1.807) is 31.4 Å². The molecule has 2 atom stereocenters. The summed E-state index contributed by atoms with van der Waals surface area (Å²) in [6, 6.07) is 12.2. The molecule has 2 N–H and O–H groups in total. The molecule has 2 aromatic rings. The lowest BCUT2D eigenvalue weighted by atomic mass is 9.71. The number of nitrogens with one attached hydrogen (secondary N) is 1. The first-order chi connectivity index (χ1) is 16.4. The number of ketones is 1. The van der Waals surface area contributed by atoms with Crippen molar-refractivity contribution in [2.75, 3.05) is 13.7 Å². The van der Waals surface area contributed by atoms with Crippen LogP contribution in [-0.4, -0.2) is 30.6 Å². The third-order valence-electron chi connectivity index (χ3n) is 6.22. The highest BCUT2D eigenvalue weighted by Crippen LogP contribution is 2.46. The summed E-state index contributed by atoms with van der Waals surface area (Å²) in [7, 11) is 1.59. The van der Waals surface area contributed by atoms with E-state index >= 15 is 0 Å². The van der Waals surface area contributed by atoms with Crippen molar-refractivity contribution in [3.8, 4) is 17.2 Å². The maximum absolute atomic E-state index is 13.4. The molecule has 4 rings (SSSR count). The Labute approximate surface area is 199 Å². The zero-order valence-corrected chi connectivity index (χ0v) is 19.4. The lowest BCUT2D eigenvalue weighted by Gasteiger charge is -2.38. The lowest BCUT2D eigenvalue weighted by molar-refractivity contribution is -0.149. The average Bonchev–Trinajstić information content (AvgIpc) is 2.83. The minimum Gasteiger partial charge on any atom is -0.504 e. The number of hydrogen-bond acceptors (Lipinski definition) is 7. The number of carbonyl (C=O) groups is 2. The molecule has 1 aliphatic carbocycles. The molecule has 1 heterocycles. The molecule has 2 aromatic carbocycles. The molecule has 0 saturated carbocycles. The highest BCUT2D eigenvalue weighted by molar-refractivity contribution is 6.00. The van der Waals surface area contributed by atoms with Gasteiger partial charge in [-0.3, -0.25) is 9.59 Å². The number of ether oxygens (including phenoxy) is 3. The van der Waals surface area contributed by atoms with Crippen LogP contribution in [0.15, 0.2) is 66.0 Å². The number of Topliss-reactive ketones (excluding diaryl/α,β-unsaturated/α-hetero) is 1. The van der Waals surface area contributed by atoms with Gasteiger partial charge in [-0.15, -0.1) is 0 Å². The first kappa shape index (κ1) is 23.4. The molecule has 0 bridgehead atoms. The predicted octanol–water partition coefficient (Wildman–Crippen LogP) is 4.37. The molecule has 2 aliphatic rings. The molecule has 0 aromatic heterocycles. The fourth-order valence-electron chi connectivity index (χ4n) is 4.59. The van der Waals surface area contributed by atoms with Gasteiger partial charge in [0.1, 0.15) is 18.3 Å². The Balaban J connectivity index is 1.68. The van der Waals surface area contributed by atoms with Crippen molar-refractivity contribution >= 4 is 11.8 Å². The Morgan fingerprint density at radius 2 is 1.94 bits per heavy atom. The van der Waals surface area contributed by atoms with E-state index in [1.807, 2.05) is 19.1 Å². The van der Waals surface area contributed by atoms with Crippen molar-refractivity contribution in [3.63, 3.8) is 0 Å². The van der Waals surface area contributed by atoms with Crippen LogP contribution in [0.1, 0.15) is 43.2 Å². The Morgan fingerprint density at radius 1 is 1.18 bits per heavy atom. The summed E-state index contributed by atoms with van der Waals surface area (Å²) >= 11 is 0. The van der Waals surface area contributed by atoms with Crippen molar-refractivity contribution < 1.29 is 28.9 Å². The first-order valence-electron chi connectivity index (χ1n) is 11.4. The van der Waals surface area contributed by atoms with Gasteiger partial charge in [0.2, 0.25) is 0 Å². The molecule has 0 radical (unpaired) electrons. The van der Waals surface area contributed by atoms with Gasteiger partial charge in [0.05, 0.1) is 13.7 Å². The van der Waals surface area contributed by atoms with Crippen LogP contribution in [0.5, 0.6) is 17.2 Å². The van der Waals surface area contributed by atoms with Gasteiger partial charge in [-0.05, 0) is 55.2 Å². The van der Waals surface area contributed by atoms with Crippen LogP contribution in [0, 0.1) is 5.92 Å². The maximum atomic E-state index is 13.4. The number of allylic oxidation sites excluding steroid dienone is 2. The standard InChI is InChI=1S/C27H29NO6/c1-4-33-23-14-18(10-13-21(23)29)25-24(16(2)28-20-6-5-7-22(30)26(20)25)27(31)34-15-17-8-11-19(32-3)12-9-17/h8-14,24-25,28-29H,2,4-7,15H2,1,3H3. The van der Waals surface area contributed by atoms with E-state index in [9.17, 15) is 14.7 Å². The topological polar surface area (TPSA) is 94.1 Å². The fourth-order valence-corrected chi connectivity index (χ4v) is 4.59. The third kappa shape index (κ3) is 4.64. The highest BCUT2D eigenvalue weighted by atomic mass is 16.5. The molecule has 7 nitrogen and oxygen atoms in total. The third-order valence-corrected chi connectivity index (χ3v) is 6.22. The molecular weight excluding hydrogens is 434 g/mol. The quantitative estimate of drug-likeness (QED) is 0.589. The second-order valence-corrected chi connectivity index (χ2v) is 8.39. The molecule has 34 heavy (non-hydrogen) atoms. The summed E-state index contributed by atoms with van der Waals surface area (Å²) in [6.07, 6.45) is 1.88. The molecule has 0 amide bonds. The highest BCUT2D eigenvalue weighted by Gasteiger charge is 2.44. The minimum absolute atomic E-state index is 0.00108. The number of methoxy groups -OCH3 is 1. The van der Waals surface area contributed by atoms with Crippen LogP contribution in [0.2, 0.25) is 0 Å². The van der Waals surface area contributed by atoms with Gasteiger partial charge in [0.25, 0.3) is 0 Å². The number of rotatable bonds is 7. The van der Waals surface area contributed by atoms with Gasteiger partial charge < -0.3 is 24.6 Å². The second kappa shape index (κ2) is 10.0. The van der Waals surface area contributed by atoms with Crippen LogP contribution in [0.3, 0.4) is 0 Å². The van der Waals surface area contributed by atoms with Crippen molar-refractivity contribution in [1.82, 2.24) is 5.32 Å². The van der Waals surface area contributed by atoms with Gasteiger partial charge in [0.15, 0.2) is 17.3 Å². The molecule has 2 unspecified atom stereocenters. The molecule has 178 valence electrons. The van der Waals surface area contributed by atoms with E-state index in [2.05, 4.69) is 11.9 Å². The van der Waals surface area contributed by atoms with Gasteiger partial charge in [-0.2, -0.15) is 0 Å². The predicted molar refractivity (Wildman–Crippen MR) is 126 cm³/mol. The molecule has 1 aliphatic heterocycles. The van der Waals surface area contributed by atoms with Crippen molar-refractivity contribution in [2.45, 2.75) is 38.7 Å².